The summed E-state index contributed by atoms with van der Waals surface area (Å²) in [5.41, 5.74) is 5.40. The predicted octanol–water partition coefficient (Wildman–Crippen LogP) is 3.33. The highest BCUT2D eigenvalue weighted by Crippen LogP contribution is 2.34. The summed E-state index contributed by atoms with van der Waals surface area (Å²) in [5.74, 6) is -0.875. The molecule has 0 amide bonds. The van der Waals surface area contributed by atoms with Gasteiger partial charge >= 0.3 is 6.18 Å². The van der Waals surface area contributed by atoms with Crippen molar-refractivity contribution in [3.63, 3.8) is 0 Å². The SMILES string of the molecule is CN1CCCCC(N)C1c1cc(F)cc(C(F)(F)F)c1. The number of hydrogen-bond donors (Lipinski definition) is 1. The van der Waals surface area contributed by atoms with Gasteiger partial charge in [0.15, 0.2) is 0 Å². The number of likely N-dealkylation sites (tertiary alicyclic amines) is 1. The average Bonchev–Trinajstić information content (AvgIpc) is 2.48. The smallest absolute Gasteiger partial charge is 0.326 e. The first-order valence-electron chi connectivity index (χ1n) is 6.62. The van der Waals surface area contributed by atoms with Crippen LogP contribution in [0.4, 0.5) is 17.6 Å². The molecule has 2 nitrogen and oxygen atoms in total. The monoisotopic (exact) mass is 290 g/mol. The molecular weight excluding hydrogens is 272 g/mol. The lowest BCUT2D eigenvalue weighted by atomic mass is 9.95. The molecule has 2 unspecified atom stereocenters. The second-order valence-electron chi connectivity index (χ2n) is 5.36. The lowest BCUT2D eigenvalue weighted by molar-refractivity contribution is -0.137. The Morgan fingerprint density at radius 3 is 2.55 bits per heavy atom. The van der Waals surface area contributed by atoms with E-state index in [1.165, 1.54) is 0 Å². The normalized spacial score (nSPS) is 25.5. The van der Waals surface area contributed by atoms with Crippen LogP contribution in [0.2, 0.25) is 0 Å². The molecule has 1 aliphatic rings. The van der Waals surface area contributed by atoms with Crippen LogP contribution < -0.4 is 5.73 Å². The first-order valence-corrected chi connectivity index (χ1v) is 6.62. The Bertz CT molecular complexity index is 461. The fraction of sp³-hybridized carbons (Fsp3) is 0.571. The predicted molar refractivity (Wildman–Crippen MR) is 68.6 cm³/mol. The van der Waals surface area contributed by atoms with Gasteiger partial charge in [-0.25, -0.2) is 4.39 Å². The van der Waals surface area contributed by atoms with Crippen LogP contribution in [0.1, 0.15) is 36.4 Å². The number of nitrogens with two attached hydrogens (primary N) is 1. The molecule has 0 bridgehead atoms. The van der Waals surface area contributed by atoms with Crippen LogP contribution in [0.15, 0.2) is 18.2 Å². The van der Waals surface area contributed by atoms with Crippen LogP contribution in [0.3, 0.4) is 0 Å². The van der Waals surface area contributed by atoms with Crippen molar-refractivity contribution in [3.05, 3.63) is 35.1 Å². The summed E-state index contributed by atoms with van der Waals surface area (Å²) in [4.78, 5) is 1.91. The van der Waals surface area contributed by atoms with E-state index in [9.17, 15) is 17.6 Å². The molecule has 0 aliphatic carbocycles. The number of benzene rings is 1. The van der Waals surface area contributed by atoms with Crippen LogP contribution in [-0.2, 0) is 6.18 Å². The van der Waals surface area contributed by atoms with Crippen molar-refractivity contribution < 1.29 is 17.6 Å². The maximum Gasteiger partial charge on any atom is 0.416 e. The van der Waals surface area contributed by atoms with E-state index in [1.54, 1.807) is 0 Å². The molecule has 1 aromatic rings. The van der Waals surface area contributed by atoms with E-state index in [4.69, 9.17) is 5.73 Å². The molecule has 2 atom stereocenters. The Labute approximate surface area is 115 Å². The topological polar surface area (TPSA) is 29.3 Å². The van der Waals surface area contributed by atoms with Gasteiger partial charge in [-0.3, -0.25) is 4.90 Å². The molecule has 2 N–H and O–H groups in total. The van der Waals surface area contributed by atoms with Gasteiger partial charge < -0.3 is 5.73 Å². The number of hydrogen-bond acceptors (Lipinski definition) is 2. The van der Waals surface area contributed by atoms with E-state index in [-0.39, 0.29) is 12.1 Å². The molecule has 6 heteroatoms. The summed E-state index contributed by atoms with van der Waals surface area (Å²) in [5, 5.41) is 0. The number of rotatable bonds is 1. The first-order chi connectivity index (χ1) is 9.29. The summed E-state index contributed by atoms with van der Waals surface area (Å²) in [6, 6.07) is 2.02. The van der Waals surface area contributed by atoms with E-state index in [1.807, 2.05) is 11.9 Å². The van der Waals surface area contributed by atoms with Crippen molar-refractivity contribution in [2.45, 2.75) is 37.5 Å². The van der Waals surface area contributed by atoms with Crippen molar-refractivity contribution in [2.24, 2.45) is 5.73 Å². The molecular formula is C14H18F4N2. The van der Waals surface area contributed by atoms with Gasteiger partial charge in [-0.05, 0) is 50.2 Å². The summed E-state index contributed by atoms with van der Waals surface area (Å²) < 4.78 is 51.8. The van der Waals surface area contributed by atoms with Crippen LogP contribution in [0.5, 0.6) is 0 Å². The summed E-state index contributed by atoms with van der Waals surface area (Å²) >= 11 is 0. The minimum absolute atomic E-state index is 0.287. The molecule has 1 heterocycles. The zero-order valence-corrected chi connectivity index (χ0v) is 11.3. The van der Waals surface area contributed by atoms with Crippen LogP contribution >= 0.6 is 0 Å². The van der Waals surface area contributed by atoms with Crippen LogP contribution in [-0.4, -0.2) is 24.5 Å². The van der Waals surface area contributed by atoms with Crippen LogP contribution in [0.25, 0.3) is 0 Å². The van der Waals surface area contributed by atoms with E-state index >= 15 is 0 Å². The van der Waals surface area contributed by atoms with Gasteiger partial charge in [0.05, 0.1) is 5.56 Å². The number of alkyl halides is 3. The van der Waals surface area contributed by atoms with Gasteiger partial charge in [0.25, 0.3) is 0 Å². The molecule has 112 valence electrons. The molecule has 0 spiro atoms. The van der Waals surface area contributed by atoms with E-state index in [0.29, 0.717) is 11.6 Å². The lowest BCUT2D eigenvalue weighted by Crippen LogP contribution is -2.37. The van der Waals surface area contributed by atoms with Gasteiger partial charge in [0.2, 0.25) is 0 Å². The largest absolute Gasteiger partial charge is 0.416 e. The maximum atomic E-state index is 13.5. The molecule has 1 aliphatic heterocycles. The molecule has 0 saturated carbocycles. The van der Waals surface area contributed by atoms with E-state index < -0.39 is 17.6 Å². The lowest BCUT2D eigenvalue weighted by Gasteiger charge is -2.31. The van der Waals surface area contributed by atoms with Crippen molar-refractivity contribution >= 4 is 0 Å². The zero-order chi connectivity index (χ0) is 14.9. The number of likely N-dealkylation sites (N-methyl/N-ethyl adjacent to an activating group) is 1. The second kappa shape index (κ2) is 5.69. The Kier molecular flexibility index (Phi) is 4.34. The maximum absolute atomic E-state index is 13.5. The average molecular weight is 290 g/mol. The third kappa shape index (κ3) is 3.30. The molecule has 1 saturated heterocycles. The summed E-state index contributed by atoms with van der Waals surface area (Å²) in [6.45, 7) is 0.746. The van der Waals surface area contributed by atoms with Crippen molar-refractivity contribution in [1.82, 2.24) is 4.90 Å². The second-order valence-corrected chi connectivity index (χ2v) is 5.36. The van der Waals surface area contributed by atoms with E-state index in [2.05, 4.69) is 0 Å². The van der Waals surface area contributed by atoms with Gasteiger partial charge in [-0.2, -0.15) is 13.2 Å². The minimum atomic E-state index is -4.55. The molecule has 1 fully saturated rings. The summed E-state index contributed by atoms with van der Waals surface area (Å²) in [6.07, 6.45) is -1.94. The molecule has 0 aromatic heterocycles. The minimum Gasteiger partial charge on any atom is -0.326 e. The highest BCUT2D eigenvalue weighted by atomic mass is 19.4. The van der Waals surface area contributed by atoms with Crippen LogP contribution in [0, 0.1) is 5.82 Å². The molecule has 2 rings (SSSR count). The summed E-state index contributed by atoms with van der Waals surface area (Å²) in [7, 11) is 1.81. The first kappa shape index (κ1) is 15.3. The zero-order valence-electron chi connectivity index (χ0n) is 11.3. The van der Waals surface area contributed by atoms with Gasteiger partial charge in [-0.15, -0.1) is 0 Å². The van der Waals surface area contributed by atoms with Crippen molar-refractivity contribution in [3.8, 4) is 0 Å². The van der Waals surface area contributed by atoms with Gasteiger partial charge in [-0.1, -0.05) is 6.42 Å². The fourth-order valence-corrected chi connectivity index (χ4v) is 2.81. The Morgan fingerprint density at radius 2 is 1.90 bits per heavy atom. The Hall–Kier alpha value is -1.14. The standard InChI is InChI=1S/C14H18F4N2/c1-20-5-3-2-4-12(19)13(20)9-6-10(14(16,17)18)8-11(15)7-9/h6-8,12-13H,2-5,19H2,1H3. The quantitative estimate of drug-likeness (QED) is 0.804. The van der Waals surface area contributed by atoms with Crippen molar-refractivity contribution in [1.29, 1.82) is 0 Å². The van der Waals surface area contributed by atoms with Gasteiger partial charge in [0, 0.05) is 12.1 Å². The van der Waals surface area contributed by atoms with Gasteiger partial charge in [0.1, 0.15) is 5.82 Å². The molecule has 20 heavy (non-hydrogen) atoms. The fourth-order valence-electron chi connectivity index (χ4n) is 2.81. The number of halogens is 4. The highest BCUT2D eigenvalue weighted by Gasteiger charge is 2.34. The Morgan fingerprint density at radius 1 is 1.20 bits per heavy atom. The van der Waals surface area contributed by atoms with E-state index in [0.717, 1.165) is 37.9 Å². The number of nitrogens with zero attached hydrogens (tertiary/aromatic N) is 1. The molecule has 1 aromatic carbocycles. The molecule has 0 radical (unpaired) electrons. The third-order valence-electron chi connectivity index (χ3n) is 3.77. The Balaban J connectivity index is 2.42. The third-order valence-corrected chi connectivity index (χ3v) is 3.77. The highest BCUT2D eigenvalue weighted by molar-refractivity contribution is 5.30. The van der Waals surface area contributed by atoms with Crippen molar-refractivity contribution in [2.75, 3.05) is 13.6 Å².